The van der Waals surface area contributed by atoms with Crippen molar-refractivity contribution in [1.82, 2.24) is 10.1 Å². The number of thiazole rings is 1. The van der Waals surface area contributed by atoms with Crippen LogP contribution < -0.4 is 5.32 Å². The lowest BCUT2D eigenvalue weighted by Gasteiger charge is -1.98. The number of nitrogens with one attached hydrogen (secondary N) is 1. The Morgan fingerprint density at radius 2 is 2.00 bits per heavy atom. The van der Waals surface area contributed by atoms with Gasteiger partial charge in [0.15, 0.2) is 10.8 Å². The number of amides is 1. The number of carbonyl (C=O) groups is 1. The Balaban J connectivity index is 1.83. The van der Waals surface area contributed by atoms with E-state index in [1.54, 1.807) is 13.0 Å². The molecule has 0 saturated carbocycles. The summed E-state index contributed by atoms with van der Waals surface area (Å²) in [5.74, 6) is 0.246. The van der Waals surface area contributed by atoms with Crippen molar-refractivity contribution in [3.05, 3.63) is 51.7 Å². The van der Waals surface area contributed by atoms with Crippen molar-refractivity contribution in [2.45, 2.75) is 13.8 Å². The molecular weight excluding hydrogens is 322 g/mol. The standard InChI is InChI=1S/C15H12ClN3O2S/c1-8-7-12(19-21-8)14(20)18-15-17-13(9(2)22-15)10-3-5-11(16)6-4-10/h3-7H,1-2H3,(H,17,18,20). The molecule has 0 atom stereocenters. The molecule has 0 aliphatic heterocycles. The Hall–Kier alpha value is -2.18. The smallest absolute Gasteiger partial charge is 0.279 e. The summed E-state index contributed by atoms with van der Waals surface area (Å²) in [4.78, 5) is 17.5. The van der Waals surface area contributed by atoms with E-state index in [9.17, 15) is 4.79 Å². The predicted molar refractivity (Wildman–Crippen MR) is 86.5 cm³/mol. The van der Waals surface area contributed by atoms with Crippen LogP contribution >= 0.6 is 22.9 Å². The molecule has 5 nitrogen and oxygen atoms in total. The molecule has 1 aromatic carbocycles. The van der Waals surface area contributed by atoms with Crippen LogP contribution in [-0.4, -0.2) is 16.0 Å². The molecule has 0 unspecified atom stereocenters. The largest absolute Gasteiger partial charge is 0.361 e. The van der Waals surface area contributed by atoms with Crippen molar-refractivity contribution in [1.29, 1.82) is 0 Å². The summed E-state index contributed by atoms with van der Waals surface area (Å²) in [6.45, 7) is 3.69. The average molecular weight is 334 g/mol. The molecule has 3 aromatic rings. The highest BCUT2D eigenvalue weighted by molar-refractivity contribution is 7.16. The third kappa shape index (κ3) is 3.03. The minimum atomic E-state index is -0.340. The van der Waals surface area contributed by atoms with Crippen molar-refractivity contribution in [3.8, 4) is 11.3 Å². The van der Waals surface area contributed by atoms with Gasteiger partial charge in [0, 0.05) is 21.5 Å². The van der Waals surface area contributed by atoms with Crippen molar-refractivity contribution >= 4 is 34.0 Å². The van der Waals surface area contributed by atoms with Crippen LogP contribution in [0.2, 0.25) is 5.02 Å². The quantitative estimate of drug-likeness (QED) is 0.775. The molecular formula is C15H12ClN3O2S. The average Bonchev–Trinajstić information content (AvgIpc) is 3.06. The zero-order valence-electron chi connectivity index (χ0n) is 11.9. The van der Waals surface area contributed by atoms with Crippen molar-refractivity contribution in [2.75, 3.05) is 5.32 Å². The van der Waals surface area contributed by atoms with Gasteiger partial charge in [0.25, 0.3) is 5.91 Å². The Morgan fingerprint density at radius 3 is 2.64 bits per heavy atom. The van der Waals surface area contributed by atoms with Crippen LogP contribution in [0.5, 0.6) is 0 Å². The van der Waals surface area contributed by atoms with E-state index in [-0.39, 0.29) is 11.6 Å². The Labute approximate surface area is 135 Å². The van der Waals surface area contributed by atoms with Crippen LogP contribution in [0.1, 0.15) is 21.1 Å². The topological polar surface area (TPSA) is 68.0 Å². The van der Waals surface area contributed by atoms with Gasteiger partial charge in [-0.05, 0) is 26.0 Å². The van der Waals surface area contributed by atoms with Gasteiger partial charge in [0.05, 0.1) is 5.69 Å². The first kappa shape index (κ1) is 14.7. The molecule has 0 aliphatic rings. The van der Waals surface area contributed by atoms with Gasteiger partial charge in [-0.3, -0.25) is 10.1 Å². The zero-order chi connectivity index (χ0) is 15.7. The molecule has 0 radical (unpaired) electrons. The third-order valence-electron chi connectivity index (χ3n) is 3.00. The summed E-state index contributed by atoms with van der Waals surface area (Å²) < 4.78 is 4.89. The fourth-order valence-electron chi connectivity index (χ4n) is 1.96. The minimum absolute atomic E-state index is 0.235. The minimum Gasteiger partial charge on any atom is -0.361 e. The lowest BCUT2D eigenvalue weighted by molar-refractivity contribution is 0.101. The van der Waals surface area contributed by atoms with E-state index in [1.165, 1.54) is 11.3 Å². The Kier molecular flexibility index (Phi) is 3.96. The number of halogens is 1. The molecule has 0 bridgehead atoms. The van der Waals surface area contributed by atoms with Crippen molar-refractivity contribution in [3.63, 3.8) is 0 Å². The molecule has 0 spiro atoms. The number of rotatable bonds is 3. The van der Waals surface area contributed by atoms with E-state index in [2.05, 4.69) is 15.5 Å². The molecule has 0 aliphatic carbocycles. The maximum Gasteiger partial charge on any atom is 0.279 e. The van der Waals surface area contributed by atoms with Crippen molar-refractivity contribution < 1.29 is 9.32 Å². The molecule has 112 valence electrons. The summed E-state index contributed by atoms with van der Waals surface area (Å²) in [6, 6.07) is 9.00. The van der Waals surface area contributed by atoms with Crippen molar-refractivity contribution in [2.24, 2.45) is 0 Å². The molecule has 0 saturated heterocycles. The molecule has 2 aromatic heterocycles. The summed E-state index contributed by atoms with van der Waals surface area (Å²) in [6.07, 6.45) is 0. The number of carbonyl (C=O) groups excluding carboxylic acids is 1. The van der Waals surface area contributed by atoms with Crippen LogP contribution in [0.3, 0.4) is 0 Å². The monoisotopic (exact) mass is 333 g/mol. The fourth-order valence-corrected chi connectivity index (χ4v) is 2.92. The molecule has 1 amide bonds. The van der Waals surface area contributed by atoms with E-state index in [0.717, 1.165) is 16.1 Å². The number of hydrogen-bond acceptors (Lipinski definition) is 5. The van der Waals surface area contributed by atoms with Gasteiger partial charge in [0.2, 0.25) is 0 Å². The molecule has 22 heavy (non-hydrogen) atoms. The normalized spacial score (nSPS) is 10.7. The summed E-state index contributed by atoms with van der Waals surface area (Å²) in [7, 11) is 0. The van der Waals surface area contributed by atoms with Crippen LogP contribution in [-0.2, 0) is 0 Å². The molecule has 3 rings (SSSR count). The lowest BCUT2D eigenvalue weighted by atomic mass is 10.1. The third-order valence-corrected chi connectivity index (χ3v) is 4.13. The van der Waals surface area contributed by atoms with Crippen LogP contribution in [0.4, 0.5) is 5.13 Å². The molecule has 2 heterocycles. The maximum atomic E-state index is 12.0. The summed E-state index contributed by atoms with van der Waals surface area (Å²) in [5.41, 5.74) is 2.02. The number of benzene rings is 1. The van der Waals surface area contributed by atoms with Crippen LogP contribution in [0.15, 0.2) is 34.9 Å². The van der Waals surface area contributed by atoms with E-state index < -0.39 is 0 Å². The van der Waals surface area contributed by atoms with Gasteiger partial charge in [-0.15, -0.1) is 11.3 Å². The van der Waals surface area contributed by atoms with E-state index in [0.29, 0.717) is 15.9 Å². The predicted octanol–water partition coefficient (Wildman–Crippen LogP) is 4.32. The highest BCUT2D eigenvalue weighted by Crippen LogP contribution is 2.31. The number of hydrogen-bond donors (Lipinski definition) is 1. The van der Waals surface area contributed by atoms with Gasteiger partial charge in [0.1, 0.15) is 5.76 Å². The van der Waals surface area contributed by atoms with E-state index in [1.807, 2.05) is 31.2 Å². The first-order valence-electron chi connectivity index (χ1n) is 6.51. The van der Waals surface area contributed by atoms with Gasteiger partial charge >= 0.3 is 0 Å². The summed E-state index contributed by atoms with van der Waals surface area (Å²) >= 11 is 7.30. The zero-order valence-corrected chi connectivity index (χ0v) is 13.5. The number of anilines is 1. The first-order valence-corrected chi connectivity index (χ1v) is 7.70. The second-order valence-corrected chi connectivity index (χ2v) is 6.35. The van der Waals surface area contributed by atoms with Gasteiger partial charge in [-0.1, -0.05) is 28.9 Å². The van der Waals surface area contributed by atoms with Gasteiger partial charge < -0.3 is 4.52 Å². The Bertz CT molecular complexity index is 824. The van der Waals surface area contributed by atoms with E-state index >= 15 is 0 Å². The Morgan fingerprint density at radius 1 is 1.27 bits per heavy atom. The molecule has 0 fully saturated rings. The number of nitrogens with zero attached hydrogens (tertiary/aromatic N) is 2. The number of aryl methyl sites for hydroxylation is 2. The lowest BCUT2D eigenvalue weighted by Crippen LogP contribution is -2.11. The highest BCUT2D eigenvalue weighted by atomic mass is 35.5. The highest BCUT2D eigenvalue weighted by Gasteiger charge is 2.15. The van der Waals surface area contributed by atoms with E-state index in [4.69, 9.17) is 16.1 Å². The molecule has 7 heteroatoms. The second kappa shape index (κ2) is 5.90. The van der Waals surface area contributed by atoms with Crippen LogP contribution in [0, 0.1) is 13.8 Å². The SMILES string of the molecule is Cc1cc(C(=O)Nc2nc(-c3ccc(Cl)cc3)c(C)s2)no1. The fraction of sp³-hybridized carbons (Fsp3) is 0.133. The van der Waals surface area contributed by atoms with Crippen LogP contribution in [0.25, 0.3) is 11.3 Å². The molecule has 1 N–H and O–H groups in total. The van der Waals surface area contributed by atoms with Gasteiger partial charge in [-0.2, -0.15) is 0 Å². The second-order valence-electron chi connectivity index (χ2n) is 4.71. The van der Waals surface area contributed by atoms with Gasteiger partial charge in [-0.25, -0.2) is 4.98 Å². The number of aromatic nitrogens is 2. The maximum absolute atomic E-state index is 12.0. The first-order chi connectivity index (χ1) is 10.5. The summed E-state index contributed by atoms with van der Waals surface area (Å²) in [5, 5.41) is 7.61.